The minimum Gasteiger partial charge on any atom is -0.484 e. The SMILES string of the molecule is Cc1ccc(OCC(=O)N(C)CCO)c(C)c1. The fraction of sp³-hybridized carbons (Fsp3) is 0.462. The highest BCUT2D eigenvalue weighted by molar-refractivity contribution is 5.77. The summed E-state index contributed by atoms with van der Waals surface area (Å²) in [5, 5.41) is 8.71. The Hall–Kier alpha value is -1.55. The number of amides is 1. The molecule has 0 spiro atoms. The molecular weight excluding hydrogens is 218 g/mol. The number of benzene rings is 1. The standard InChI is InChI=1S/C13H19NO3/c1-10-4-5-12(11(2)8-10)17-9-13(16)14(3)6-7-15/h4-5,8,15H,6-7,9H2,1-3H3. The molecule has 1 rings (SSSR count). The molecule has 17 heavy (non-hydrogen) atoms. The van der Waals surface area contributed by atoms with E-state index in [0.717, 1.165) is 11.3 Å². The van der Waals surface area contributed by atoms with E-state index < -0.39 is 0 Å². The van der Waals surface area contributed by atoms with Crippen LogP contribution in [0.4, 0.5) is 0 Å². The van der Waals surface area contributed by atoms with Gasteiger partial charge in [0, 0.05) is 13.6 Å². The van der Waals surface area contributed by atoms with Crippen LogP contribution < -0.4 is 4.74 Å². The molecule has 0 radical (unpaired) electrons. The Morgan fingerprint density at radius 3 is 2.71 bits per heavy atom. The van der Waals surface area contributed by atoms with Crippen LogP contribution in [-0.4, -0.2) is 42.7 Å². The lowest BCUT2D eigenvalue weighted by Crippen LogP contribution is -2.33. The van der Waals surface area contributed by atoms with Gasteiger partial charge in [-0.25, -0.2) is 0 Å². The average molecular weight is 237 g/mol. The Labute approximate surface area is 102 Å². The number of aryl methyl sites for hydroxylation is 2. The van der Waals surface area contributed by atoms with Crippen molar-refractivity contribution in [2.24, 2.45) is 0 Å². The van der Waals surface area contributed by atoms with E-state index in [2.05, 4.69) is 0 Å². The minimum absolute atomic E-state index is 0.000398. The van der Waals surface area contributed by atoms with Crippen LogP contribution in [0.1, 0.15) is 11.1 Å². The Bertz CT molecular complexity index is 390. The van der Waals surface area contributed by atoms with Crippen LogP contribution in [0.15, 0.2) is 18.2 Å². The van der Waals surface area contributed by atoms with Gasteiger partial charge < -0.3 is 14.7 Å². The maximum absolute atomic E-state index is 11.6. The fourth-order valence-electron chi connectivity index (χ4n) is 1.49. The maximum atomic E-state index is 11.6. The minimum atomic E-state index is -0.140. The molecule has 4 heteroatoms. The van der Waals surface area contributed by atoms with Gasteiger partial charge in [-0.2, -0.15) is 0 Å². The predicted octanol–water partition coefficient (Wildman–Crippen LogP) is 1.13. The second-order valence-electron chi connectivity index (χ2n) is 4.10. The van der Waals surface area contributed by atoms with Crippen LogP contribution in [0, 0.1) is 13.8 Å². The van der Waals surface area contributed by atoms with Gasteiger partial charge in [-0.05, 0) is 25.5 Å². The number of ether oxygens (including phenoxy) is 1. The van der Waals surface area contributed by atoms with E-state index in [0.29, 0.717) is 6.54 Å². The predicted molar refractivity (Wildman–Crippen MR) is 66.1 cm³/mol. The number of rotatable bonds is 5. The molecule has 94 valence electrons. The third kappa shape index (κ3) is 4.07. The number of carbonyl (C=O) groups is 1. The summed E-state index contributed by atoms with van der Waals surface area (Å²) in [6.45, 7) is 4.25. The van der Waals surface area contributed by atoms with Crippen molar-refractivity contribution in [2.45, 2.75) is 13.8 Å². The zero-order valence-corrected chi connectivity index (χ0v) is 10.6. The zero-order valence-electron chi connectivity index (χ0n) is 10.6. The maximum Gasteiger partial charge on any atom is 0.260 e. The smallest absolute Gasteiger partial charge is 0.260 e. The second-order valence-corrected chi connectivity index (χ2v) is 4.10. The monoisotopic (exact) mass is 237 g/mol. The summed E-state index contributed by atoms with van der Waals surface area (Å²) in [6, 6.07) is 5.82. The molecule has 0 saturated heterocycles. The molecule has 0 aromatic heterocycles. The average Bonchev–Trinajstić information content (AvgIpc) is 2.27. The van der Waals surface area contributed by atoms with E-state index in [1.165, 1.54) is 10.5 Å². The van der Waals surface area contributed by atoms with Crippen LogP contribution in [0.5, 0.6) is 5.75 Å². The molecule has 1 aromatic rings. The van der Waals surface area contributed by atoms with E-state index in [-0.39, 0.29) is 19.1 Å². The Morgan fingerprint density at radius 2 is 2.12 bits per heavy atom. The van der Waals surface area contributed by atoms with Crippen molar-refractivity contribution >= 4 is 5.91 Å². The third-order valence-electron chi connectivity index (χ3n) is 2.54. The molecule has 4 nitrogen and oxygen atoms in total. The Morgan fingerprint density at radius 1 is 1.41 bits per heavy atom. The first-order valence-corrected chi connectivity index (χ1v) is 5.59. The number of hydrogen-bond donors (Lipinski definition) is 1. The van der Waals surface area contributed by atoms with Gasteiger partial charge in [0.2, 0.25) is 0 Å². The van der Waals surface area contributed by atoms with Gasteiger partial charge in [0.15, 0.2) is 6.61 Å². The molecule has 1 aromatic carbocycles. The van der Waals surface area contributed by atoms with Gasteiger partial charge in [-0.3, -0.25) is 4.79 Å². The lowest BCUT2D eigenvalue weighted by molar-refractivity contribution is -0.132. The highest BCUT2D eigenvalue weighted by atomic mass is 16.5. The number of likely N-dealkylation sites (N-methyl/N-ethyl adjacent to an activating group) is 1. The Balaban J connectivity index is 2.53. The number of nitrogens with zero attached hydrogens (tertiary/aromatic N) is 1. The number of carbonyl (C=O) groups excluding carboxylic acids is 1. The van der Waals surface area contributed by atoms with Gasteiger partial charge in [-0.15, -0.1) is 0 Å². The van der Waals surface area contributed by atoms with Crippen molar-refractivity contribution in [1.82, 2.24) is 4.90 Å². The first kappa shape index (κ1) is 13.5. The summed E-state index contributed by atoms with van der Waals surface area (Å²) >= 11 is 0. The molecule has 0 unspecified atom stereocenters. The quantitative estimate of drug-likeness (QED) is 0.835. The summed E-state index contributed by atoms with van der Waals surface area (Å²) in [6.07, 6.45) is 0. The van der Waals surface area contributed by atoms with E-state index in [1.54, 1.807) is 7.05 Å². The summed E-state index contributed by atoms with van der Waals surface area (Å²) in [5.74, 6) is 0.584. The van der Waals surface area contributed by atoms with Gasteiger partial charge in [0.1, 0.15) is 5.75 Å². The lowest BCUT2D eigenvalue weighted by Gasteiger charge is -2.16. The topological polar surface area (TPSA) is 49.8 Å². The van der Waals surface area contributed by atoms with Gasteiger partial charge in [0.25, 0.3) is 5.91 Å². The number of aliphatic hydroxyl groups excluding tert-OH is 1. The largest absolute Gasteiger partial charge is 0.484 e. The van der Waals surface area contributed by atoms with E-state index in [1.807, 2.05) is 32.0 Å². The first-order chi connectivity index (χ1) is 8.04. The van der Waals surface area contributed by atoms with E-state index in [4.69, 9.17) is 9.84 Å². The fourth-order valence-corrected chi connectivity index (χ4v) is 1.49. The first-order valence-electron chi connectivity index (χ1n) is 5.59. The van der Waals surface area contributed by atoms with Crippen molar-refractivity contribution < 1.29 is 14.6 Å². The molecule has 0 bridgehead atoms. The molecule has 0 aliphatic carbocycles. The second kappa shape index (κ2) is 6.25. The molecule has 0 atom stereocenters. The summed E-state index contributed by atoms with van der Waals surface area (Å²) in [4.78, 5) is 13.0. The Kier molecular flexibility index (Phi) is 4.97. The molecule has 0 fully saturated rings. The molecule has 0 aliphatic heterocycles. The molecule has 0 saturated carbocycles. The number of hydrogen-bond acceptors (Lipinski definition) is 3. The molecule has 0 aliphatic rings. The van der Waals surface area contributed by atoms with Crippen molar-refractivity contribution in [1.29, 1.82) is 0 Å². The molecule has 0 heterocycles. The third-order valence-corrected chi connectivity index (χ3v) is 2.54. The van der Waals surface area contributed by atoms with E-state index >= 15 is 0 Å². The van der Waals surface area contributed by atoms with Crippen LogP contribution in [0.25, 0.3) is 0 Å². The summed E-state index contributed by atoms with van der Waals surface area (Å²) in [5.41, 5.74) is 2.18. The highest BCUT2D eigenvalue weighted by Crippen LogP contribution is 2.18. The van der Waals surface area contributed by atoms with Crippen molar-refractivity contribution in [3.05, 3.63) is 29.3 Å². The highest BCUT2D eigenvalue weighted by Gasteiger charge is 2.09. The summed E-state index contributed by atoms with van der Waals surface area (Å²) < 4.78 is 5.45. The van der Waals surface area contributed by atoms with Crippen LogP contribution in [0.2, 0.25) is 0 Å². The number of aliphatic hydroxyl groups is 1. The van der Waals surface area contributed by atoms with Gasteiger partial charge in [-0.1, -0.05) is 17.7 Å². The van der Waals surface area contributed by atoms with Gasteiger partial charge in [0.05, 0.1) is 6.61 Å². The van der Waals surface area contributed by atoms with Crippen LogP contribution >= 0.6 is 0 Å². The summed E-state index contributed by atoms with van der Waals surface area (Å²) in [7, 11) is 1.64. The molecular formula is C13H19NO3. The van der Waals surface area contributed by atoms with Crippen LogP contribution in [-0.2, 0) is 4.79 Å². The van der Waals surface area contributed by atoms with Crippen molar-refractivity contribution in [3.63, 3.8) is 0 Å². The van der Waals surface area contributed by atoms with Crippen molar-refractivity contribution in [2.75, 3.05) is 26.8 Å². The van der Waals surface area contributed by atoms with Crippen LogP contribution in [0.3, 0.4) is 0 Å². The van der Waals surface area contributed by atoms with E-state index in [9.17, 15) is 4.79 Å². The zero-order chi connectivity index (χ0) is 12.8. The van der Waals surface area contributed by atoms with Gasteiger partial charge >= 0.3 is 0 Å². The lowest BCUT2D eigenvalue weighted by atomic mass is 10.1. The normalized spacial score (nSPS) is 10.1. The van der Waals surface area contributed by atoms with Crippen molar-refractivity contribution in [3.8, 4) is 5.75 Å². The molecule has 1 N–H and O–H groups in total. The molecule has 1 amide bonds.